The Morgan fingerprint density at radius 2 is 2.05 bits per heavy atom. The van der Waals surface area contributed by atoms with Gasteiger partial charge in [0.25, 0.3) is 0 Å². The SMILES string of the molecule is C=C(CCl)CC1(C(=O)OC)C[C@H]2C[C@H]2N1C(=O)OC(C)(C)C. The van der Waals surface area contributed by atoms with E-state index < -0.39 is 23.2 Å². The third-order valence-corrected chi connectivity index (χ3v) is 4.54. The summed E-state index contributed by atoms with van der Waals surface area (Å²) in [4.78, 5) is 26.7. The predicted molar refractivity (Wildman–Crippen MR) is 83.8 cm³/mol. The van der Waals surface area contributed by atoms with Gasteiger partial charge < -0.3 is 9.47 Å². The second-order valence-electron chi connectivity index (χ2n) is 7.20. The fourth-order valence-electron chi connectivity index (χ4n) is 3.30. The zero-order chi connectivity index (χ0) is 16.7. The number of hydrogen-bond donors (Lipinski definition) is 0. The van der Waals surface area contributed by atoms with Crippen molar-refractivity contribution < 1.29 is 19.1 Å². The first-order chi connectivity index (χ1) is 10.1. The van der Waals surface area contributed by atoms with Gasteiger partial charge >= 0.3 is 12.1 Å². The van der Waals surface area contributed by atoms with E-state index in [0.29, 0.717) is 24.3 Å². The Balaban J connectivity index is 2.32. The number of piperidine rings is 1. The number of carbonyl (C=O) groups is 2. The highest BCUT2D eigenvalue weighted by atomic mass is 35.5. The van der Waals surface area contributed by atoms with Crippen LogP contribution in [0.2, 0.25) is 0 Å². The summed E-state index contributed by atoms with van der Waals surface area (Å²) in [6.45, 7) is 9.31. The van der Waals surface area contributed by atoms with Crippen molar-refractivity contribution in [2.75, 3.05) is 13.0 Å². The van der Waals surface area contributed by atoms with Crippen molar-refractivity contribution in [3.63, 3.8) is 0 Å². The molecule has 1 aliphatic carbocycles. The number of nitrogens with zero attached hydrogens (tertiary/aromatic N) is 1. The molecule has 1 aliphatic heterocycles. The number of halogens is 1. The van der Waals surface area contributed by atoms with E-state index in [1.165, 1.54) is 7.11 Å². The molecule has 124 valence electrons. The molecule has 0 spiro atoms. The normalized spacial score (nSPS) is 29.8. The molecule has 1 saturated heterocycles. The van der Waals surface area contributed by atoms with Gasteiger partial charge in [0.05, 0.1) is 7.11 Å². The first-order valence-electron chi connectivity index (χ1n) is 7.48. The first-order valence-corrected chi connectivity index (χ1v) is 8.01. The van der Waals surface area contributed by atoms with E-state index in [1.807, 2.05) is 20.8 Å². The highest BCUT2D eigenvalue weighted by Gasteiger charge is 2.66. The molecule has 3 atom stereocenters. The van der Waals surface area contributed by atoms with Gasteiger partial charge in [0.15, 0.2) is 0 Å². The van der Waals surface area contributed by atoms with Crippen LogP contribution in [0.15, 0.2) is 12.2 Å². The number of fused-ring (bicyclic) bond motifs is 1. The van der Waals surface area contributed by atoms with Crippen molar-refractivity contribution in [2.24, 2.45) is 5.92 Å². The van der Waals surface area contributed by atoms with Gasteiger partial charge in [-0.15, -0.1) is 11.6 Å². The molecule has 2 rings (SSSR count). The van der Waals surface area contributed by atoms with Crippen molar-refractivity contribution in [3.05, 3.63) is 12.2 Å². The van der Waals surface area contributed by atoms with Gasteiger partial charge in [-0.2, -0.15) is 0 Å². The molecule has 1 amide bonds. The number of likely N-dealkylation sites (tertiary alicyclic amines) is 1. The minimum absolute atomic E-state index is 0.0528. The van der Waals surface area contributed by atoms with Crippen molar-refractivity contribution in [1.29, 1.82) is 0 Å². The Kier molecular flexibility index (Phi) is 4.49. The number of alkyl halides is 1. The van der Waals surface area contributed by atoms with Gasteiger partial charge in [0, 0.05) is 18.3 Å². The summed E-state index contributed by atoms with van der Waals surface area (Å²) in [5.74, 6) is 0.155. The quantitative estimate of drug-likeness (QED) is 0.452. The molecule has 2 aliphatic rings. The molecule has 1 saturated carbocycles. The summed E-state index contributed by atoms with van der Waals surface area (Å²) < 4.78 is 10.5. The molecular formula is C16H24ClNO4. The molecule has 1 heterocycles. The lowest BCUT2D eigenvalue weighted by atomic mass is 9.87. The summed E-state index contributed by atoms with van der Waals surface area (Å²) in [5, 5.41) is 0. The summed E-state index contributed by atoms with van der Waals surface area (Å²) in [6, 6.07) is 0.0528. The maximum absolute atomic E-state index is 12.6. The Hall–Kier alpha value is -1.23. The first kappa shape index (κ1) is 17.1. The number of hydrogen-bond acceptors (Lipinski definition) is 4. The lowest BCUT2D eigenvalue weighted by molar-refractivity contribution is -0.154. The predicted octanol–water partition coefficient (Wildman–Crippen LogP) is 3.11. The molecule has 22 heavy (non-hydrogen) atoms. The Bertz CT molecular complexity index is 499. The number of methoxy groups -OCH3 is 1. The zero-order valence-corrected chi connectivity index (χ0v) is 14.4. The second-order valence-corrected chi connectivity index (χ2v) is 7.47. The number of carbonyl (C=O) groups excluding carboxylic acids is 2. The molecule has 0 aromatic heterocycles. The maximum Gasteiger partial charge on any atom is 0.411 e. The lowest BCUT2D eigenvalue weighted by Gasteiger charge is -2.39. The molecule has 0 aromatic rings. The van der Waals surface area contributed by atoms with Crippen LogP contribution in [0.25, 0.3) is 0 Å². The number of rotatable bonds is 4. The molecule has 0 N–H and O–H groups in total. The van der Waals surface area contributed by atoms with Gasteiger partial charge in [-0.1, -0.05) is 12.2 Å². The fourth-order valence-corrected chi connectivity index (χ4v) is 3.39. The number of amides is 1. The van der Waals surface area contributed by atoms with E-state index in [-0.39, 0.29) is 11.9 Å². The smallest absolute Gasteiger partial charge is 0.411 e. The molecule has 2 fully saturated rings. The van der Waals surface area contributed by atoms with E-state index in [4.69, 9.17) is 21.1 Å². The highest BCUT2D eigenvalue weighted by Crippen LogP contribution is 2.55. The van der Waals surface area contributed by atoms with E-state index in [1.54, 1.807) is 4.90 Å². The Morgan fingerprint density at radius 3 is 2.55 bits per heavy atom. The van der Waals surface area contributed by atoms with Gasteiger partial charge in [0.1, 0.15) is 11.1 Å². The Labute approximate surface area is 136 Å². The lowest BCUT2D eigenvalue weighted by Crippen LogP contribution is -2.57. The third-order valence-electron chi connectivity index (χ3n) is 4.16. The monoisotopic (exact) mass is 329 g/mol. The fraction of sp³-hybridized carbons (Fsp3) is 0.750. The summed E-state index contributed by atoms with van der Waals surface area (Å²) in [7, 11) is 1.34. The minimum atomic E-state index is -1.03. The summed E-state index contributed by atoms with van der Waals surface area (Å²) in [5.41, 5.74) is -0.937. The number of esters is 1. The molecule has 0 radical (unpaired) electrons. The van der Waals surface area contributed by atoms with Crippen molar-refractivity contribution >= 4 is 23.7 Å². The number of ether oxygens (including phenoxy) is 2. The van der Waals surface area contributed by atoms with Gasteiger partial charge in [-0.25, -0.2) is 9.59 Å². The van der Waals surface area contributed by atoms with Crippen LogP contribution >= 0.6 is 11.6 Å². The average Bonchev–Trinajstić information content (AvgIpc) is 3.06. The van der Waals surface area contributed by atoms with Crippen LogP contribution in [0.3, 0.4) is 0 Å². The molecule has 0 bridgehead atoms. The van der Waals surface area contributed by atoms with Crippen LogP contribution in [0, 0.1) is 5.92 Å². The van der Waals surface area contributed by atoms with Crippen LogP contribution < -0.4 is 0 Å². The van der Waals surface area contributed by atoms with E-state index in [2.05, 4.69) is 6.58 Å². The molecule has 0 aromatic carbocycles. The van der Waals surface area contributed by atoms with Crippen molar-refractivity contribution in [1.82, 2.24) is 4.90 Å². The van der Waals surface area contributed by atoms with Crippen LogP contribution in [-0.2, 0) is 14.3 Å². The van der Waals surface area contributed by atoms with Crippen molar-refractivity contribution in [3.8, 4) is 0 Å². The van der Waals surface area contributed by atoms with Crippen LogP contribution in [-0.4, -0.2) is 47.1 Å². The second kappa shape index (κ2) is 5.76. The largest absolute Gasteiger partial charge is 0.467 e. The zero-order valence-electron chi connectivity index (χ0n) is 13.6. The van der Waals surface area contributed by atoms with Crippen LogP contribution in [0.4, 0.5) is 4.79 Å². The molecule has 6 heteroatoms. The summed E-state index contributed by atoms with van der Waals surface area (Å²) in [6.07, 6.45) is 1.34. The average molecular weight is 330 g/mol. The van der Waals surface area contributed by atoms with Crippen LogP contribution in [0.5, 0.6) is 0 Å². The van der Waals surface area contributed by atoms with E-state index in [0.717, 1.165) is 6.42 Å². The Morgan fingerprint density at radius 1 is 1.41 bits per heavy atom. The minimum Gasteiger partial charge on any atom is -0.467 e. The van der Waals surface area contributed by atoms with E-state index in [9.17, 15) is 9.59 Å². The maximum atomic E-state index is 12.6. The topological polar surface area (TPSA) is 55.8 Å². The standard InChI is InChI=1S/C16H24ClNO4/c1-10(9-17)7-16(13(19)21-5)8-11-6-12(11)18(16)14(20)22-15(2,3)4/h11-12H,1,6-9H2,2-5H3/t11-,12-,16?/m1/s1. The van der Waals surface area contributed by atoms with Gasteiger partial charge in [0.2, 0.25) is 0 Å². The highest BCUT2D eigenvalue weighted by molar-refractivity contribution is 6.19. The molecule has 1 unspecified atom stereocenters. The molecule has 5 nitrogen and oxygen atoms in total. The summed E-state index contributed by atoms with van der Waals surface area (Å²) >= 11 is 5.84. The van der Waals surface area contributed by atoms with Crippen LogP contribution in [0.1, 0.15) is 40.0 Å². The van der Waals surface area contributed by atoms with E-state index >= 15 is 0 Å². The van der Waals surface area contributed by atoms with Crippen molar-refractivity contribution in [2.45, 2.75) is 57.2 Å². The molecular weight excluding hydrogens is 306 g/mol. The van der Waals surface area contributed by atoms with Gasteiger partial charge in [-0.3, -0.25) is 4.90 Å². The third kappa shape index (κ3) is 3.09. The van der Waals surface area contributed by atoms with Gasteiger partial charge in [-0.05, 0) is 39.5 Å².